The molecule has 2 rings (SSSR count). The van der Waals surface area contributed by atoms with Gasteiger partial charge in [-0.2, -0.15) is 0 Å². The van der Waals surface area contributed by atoms with Gasteiger partial charge in [0.15, 0.2) is 0 Å². The Bertz CT molecular complexity index is 414. The molecule has 2 unspecified atom stereocenters. The Hall–Kier alpha value is -0.840. The van der Waals surface area contributed by atoms with Crippen LogP contribution in [0.1, 0.15) is 46.0 Å². The van der Waals surface area contributed by atoms with E-state index in [0.717, 1.165) is 42.0 Å². The molecule has 0 spiro atoms. The molecule has 1 aliphatic rings. The van der Waals surface area contributed by atoms with Crippen molar-refractivity contribution in [3.05, 3.63) is 10.8 Å². The van der Waals surface area contributed by atoms with E-state index in [4.69, 9.17) is 4.74 Å². The minimum atomic E-state index is 0.286. The summed E-state index contributed by atoms with van der Waals surface area (Å²) >= 11 is 3.54. The largest absolute Gasteiger partial charge is 0.473 e. The van der Waals surface area contributed by atoms with E-state index in [1.54, 1.807) is 6.33 Å². The zero-order chi connectivity index (χ0) is 13.7. The van der Waals surface area contributed by atoms with Crippen molar-refractivity contribution < 1.29 is 4.74 Å². The van der Waals surface area contributed by atoms with Gasteiger partial charge in [-0.05, 0) is 47.5 Å². The van der Waals surface area contributed by atoms with E-state index in [0.29, 0.717) is 5.88 Å². The smallest absolute Gasteiger partial charge is 0.233 e. The third-order valence-electron chi connectivity index (χ3n) is 3.47. The van der Waals surface area contributed by atoms with Gasteiger partial charge in [0.1, 0.15) is 22.7 Å². The van der Waals surface area contributed by atoms with E-state index >= 15 is 0 Å². The van der Waals surface area contributed by atoms with Gasteiger partial charge in [0.2, 0.25) is 5.88 Å². The number of nitrogens with zero attached hydrogens (tertiary/aromatic N) is 2. The van der Waals surface area contributed by atoms with Crippen LogP contribution in [-0.4, -0.2) is 22.6 Å². The molecule has 1 aliphatic carbocycles. The predicted molar refractivity (Wildman–Crippen MR) is 80.6 cm³/mol. The fourth-order valence-corrected chi connectivity index (χ4v) is 2.88. The molecule has 106 valence electrons. The van der Waals surface area contributed by atoms with Crippen molar-refractivity contribution in [1.29, 1.82) is 0 Å². The third kappa shape index (κ3) is 4.06. The van der Waals surface area contributed by atoms with Gasteiger partial charge in [0.25, 0.3) is 0 Å². The molecule has 1 aromatic rings. The SMILES string of the molecule is CCCNc1ncnc(OC2CCCC(C)C2)c1Br. The monoisotopic (exact) mass is 327 g/mol. The van der Waals surface area contributed by atoms with Crippen LogP contribution in [0, 0.1) is 5.92 Å². The minimum Gasteiger partial charge on any atom is -0.473 e. The van der Waals surface area contributed by atoms with E-state index in [-0.39, 0.29) is 6.10 Å². The molecule has 1 heterocycles. The lowest BCUT2D eigenvalue weighted by molar-refractivity contribution is 0.123. The minimum absolute atomic E-state index is 0.286. The number of hydrogen-bond acceptors (Lipinski definition) is 4. The molecule has 4 nitrogen and oxygen atoms in total. The average Bonchev–Trinajstić information content (AvgIpc) is 2.40. The Balaban J connectivity index is 2.03. The number of ether oxygens (including phenoxy) is 1. The van der Waals surface area contributed by atoms with E-state index in [1.165, 1.54) is 12.8 Å². The third-order valence-corrected chi connectivity index (χ3v) is 4.18. The van der Waals surface area contributed by atoms with Crippen molar-refractivity contribution in [3.63, 3.8) is 0 Å². The predicted octanol–water partition coefficient (Wildman–Crippen LogP) is 4.02. The summed E-state index contributed by atoms with van der Waals surface area (Å²) in [4.78, 5) is 8.48. The highest BCUT2D eigenvalue weighted by Crippen LogP contribution is 2.32. The van der Waals surface area contributed by atoms with Crippen molar-refractivity contribution in [2.75, 3.05) is 11.9 Å². The Morgan fingerprint density at radius 3 is 3.00 bits per heavy atom. The van der Waals surface area contributed by atoms with Crippen molar-refractivity contribution >= 4 is 21.7 Å². The molecular formula is C14H22BrN3O. The highest BCUT2D eigenvalue weighted by molar-refractivity contribution is 9.10. The van der Waals surface area contributed by atoms with Gasteiger partial charge < -0.3 is 10.1 Å². The second kappa shape index (κ2) is 7.08. The molecular weight excluding hydrogens is 306 g/mol. The van der Waals surface area contributed by atoms with Crippen LogP contribution in [0.2, 0.25) is 0 Å². The number of rotatable bonds is 5. The lowest BCUT2D eigenvalue weighted by Crippen LogP contribution is -2.24. The highest BCUT2D eigenvalue weighted by Gasteiger charge is 2.22. The first-order valence-electron chi connectivity index (χ1n) is 7.11. The average molecular weight is 328 g/mol. The maximum atomic E-state index is 6.04. The molecule has 19 heavy (non-hydrogen) atoms. The molecule has 2 atom stereocenters. The van der Waals surface area contributed by atoms with Gasteiger partial charge in [0.05, 0.1) is 0 Å². The van der Waals surface area contributed by atoms with Crippen LogP contribution in [0.5, 0.6) is 5.88 Å². The van der Waals surface area contributed by atoms with Crippen molar-refractivity contribution in [2.45, 2.75) is 52.1 Å². The van der Waals surface area contributed by atoms with Crippen molar-refractivity contribution in [3.8, 4) is 5.88 Å². The first kappa shape index (κ1) is 14.6. The topological polar surface area (TPSA) is 47.0 Å². The lowest BCUT2D eigenvalue weighted by atomic mass is 9.89. The van der Waals surface area contributed by atoms with Crippen molar-refractivity contribution in [1.82, 2.24) is 9.97 Å². The number of aromatic nitrogens is 2. The molecule has 1 saturated carbocycles. The molecule has 5 heteroatoms. The number of halogens is 1. The van der Waals surface area contributed by atoms with E-state index in [1.807, 2.05) is 0 Å². The summed E-state index contributed by atoms with van der Waals surface area (Å²) in [7, 11) is 0. The van der Waals surface area contributed by atoms with Crippen LogP contribution in [0.3, 0.4) is 0 Å². The van der Waals surface area contributed by atoms with Gasteiger partial charge >= 0.3 is 0 Å². The number of anilines is 1. The standard InChI is InChI=1S/C14H22BrN3O/c1-3-7-16-13-12(15)14(18-9-17-13)19-11-6-4-5-10(2)8-11/h9-11H,3-8H2,1-2H3,(H,16,17,18). The van der Waals surface area contributed by atoms with Crippen LogP contribution < -0.4 is 10.1 Å². The maximum Gasteiger partial charge on any atom is 0.233 e. The fourth-order valence-electron chi connectivity index (χ4n) is 2.45. The van der Waals surface area contributed by atoms with E-state index in [9.17, 15) is 0 Å². The first-order valence-corrected chi connectivity index (χ1v) is 7.91. The summed E-state index contributed by atoms with van der Waals surface area (Å²) in [6, 6.07) is 0. The summed E-state index contributed by atoms with van der Waals surface area (Å²) < 4.78 is 6.87. The summed E-state index contributed by atoms with van der Waals surface area (Å²) in [6.45, 7) is 5.32. The Morgan fingerprint density at radius 2 is 2.26 bits per heavy atom. The second-order valence-electron chi connectivity index (χ2n) is 5.28. The maximum absolute atomic E-state index is 6.04. The highest BCUT2D eigenvalue weighted by atomic mass is 79.9. The Morgan fingerprint density at radius 1 is 1.42 bits per heavy atom. The molecule has 0 radical (unpaired) electrons. The zero-order valence-corrected chi connectivity index (χ0v) is 13.2. The van der Waals surface area contributed by atoms with Gasteiger partial charge in [-0.15, -0.1) is 0 Å². The molecule has 0 amide bonds. The molecule has 0 aromatic carbocycles. The van der Waals surface area contributed by atoms with Crippen LogP contribution in [0.4, 0.5) is 5.82 Å². The Kier molecular flexibility index (Phi) is 5.43. The summed E-state index contributed by atoms with van der Waals surface area (Å²) in [5.41, 5.74) is 0. The van der Waals surface area contributed by atoms with Gasteiger partial charge in [-0.3, -0.25) is 0 Å². The van der Waals surface area contributed by atoms with Gasteiger partial charge in [-0.1, -0.05) is 20.3 Å². The Labute approximate surface area is 123 Å². The van der Waals surface area contributed by atoms with Crippen molar-refractivity contribution in [2.24, 2.45) is 5.92 Å². The van der Waals surface area contributed by atoms with E-state index < -0.39 is 0 Å². The van der Waals surface area contributed by atoms with Crippen LogP contribution in [0.25, 0.3) is 0 Å². The van der Waals surface area contributed by atoms with Gasteiger partial charge in [-0.25, -0.2) is 9.97 Å². The van der Waals surface area contributed by atoms with Crippen LogP contribution >= 0.6 is 15.9 Å². The number of nitrogens with one attached hydrogen (secondary N) is 1. The molecule has 1 N–H and O–H groups in total. The van der Waals surface area contributed by atoms with Crippen LogP contribution in [-0.2, 0) is 0 Å². The lowest BCUT2D eigenvalue weighted by Gasteiger charge is -2.27. The first-order chi connectivity index (χ1) is 9.20. The quantitative estimate of drug-likeness (QED) is 0.887. The molecule has 0 saturated heterocycles. The van der Waals surface area contributed by atoms with Crippen LogP contribution in [0.15, 0.2) is 10.8 Å². The van der Waals surface area contributed by atoms with Gasteiger partial charge in [0, 0.05) is 6.54 Å². The summed E-state index contributed by atoms with van der Waals surface area (Å²) in [5.74, 6) is 2.22. The normalized spacial score (nSPS) is 23.1. The molecule has 0 aliphatic heterocycles. The van der Waals surface area contributed by atoms with E-state index in [2.05, 4.69) is 45.1 Å². The molecule has 1 aromatic heterocycles. The number of hydrogen-bond donors (Lipinski definition) is 1. The fraction of sp³-hybridized carbons (Fsp3) is 0.714. The summed E-state index contributed by atoms with van der Waals surface area (Å²) in [5, 5.41) is 3.27. The second-order valence-corrected chi connectivity index (χ2v) is 6.07. The zero-order valence-electron chi connectivity index (χ0n) is 11.7. The molecule has 0 bridgehead atoms. The summed E-state index contributed by atoms with van der Waals surface area (Å²) in [6.07, 6.45) is 7.71. The molecule has 1 fully saturated rings.